The van der Waals surface area contributed by atoms with Crippen molar-refractivity contribution in [3.63, 3.8) is 0 Å². The van der Waals surface area contributed by atoms with Crippen LogP contribution >= 0.6 is 0 Å². The molecule has 1 heterocycles. The lowest BCUT2D eigenvalue weighted by Gasteiger charge is -2.15. The van der Waals surface area contributed by atoms with E-state index in [-0.39, 0.29) is 0 Å². The Hall–Kier alpha value is -0.800. The van der Waals surface area contributed by atoms with Gasteiger partial charge in [-0.15, -0.1) is 0 Å². The zero-order chi connectivity index (χ0) is 11.1. The van der Waals surface area contributed by atoms with Gasteiger partial charge in [0.25, 0.3) is 0 Å². The van der Waals surface area contributed by atoms with E-state index in [0.29, 0.717) is 0 Å². The molecule has 0 bridgehead atoms. The molecule has 0 saturated heterocycles. The summed E-state index contributed by atoms with van der Waals surface area (Å²) >= 11 is 0. The van der Waals surface area contributed by atoms with Crippen molar-refractivity contribution in [3.05, 3.63) is 23.7 Å². The predicted octanol–water partition coefficient (Wildman–Crippen LogP) is 2.02. The fraction of sp³-hybridized carbons (Fsp3) is 0.667. The minimum Gasteiger partial charge on any atom is -0.469 e. The van der Waals surface area contributed by atoms with Gasteiger partial charge in [0, 0.05) is 25.2 Å². The molecule has 0 aliphatic carbocycles. The number of furan rings is 1. The van der Waals surface area contributed by atoms with Crippen molar-refractivity contribution >= 4 is 0 Å². The highest BCUT2D eigenvalue weighted by atomic mass is 16.3. The highest BCUT2D eigenvalue weighted by Crippen LogP contribution is 2.07. The fourth-order valence-electron chi connectivity index (χ4n) is 1.54. The summed E-state index contributed by atoms with van der Waals surface area (Å²) in [6.07, 6.45) is 3.04. The molecule has 3 heteroatoms. The summed E-state index contributed by atoms with van der Waals surface area (Å²) in [5.74, 6) is 0.988. The van der Waals surface area contributed by atoms with E-state index in [4.69, 9.17) is 4.42 Å². The Morgan fingerprint density at radius 2 is 2.20 bits per heavy atom. The van der Waals surface area contributed by atoms with E-state index in [2.05, 4.69) is 30.3 Å². The Bertz CT molecular complexity index is 270. The Morgan fingerprint density at radius 3 is 2.80 bits per heavy atom. The van der Waals surface area contributed by atoms with Crippen LogP contribution < -0.4 is 5.32 Å². The normalized spacial score (nSPS) is 11.2. The van der Waals surface area contributed by atoms with Crippen LogP contribution in [-0.2, 0) is 6.54 Å². The second-order valence-electron chi connectivity index (χ2n) is 4.05. The molecule has 3 nitrogen and oxygen atoms in total. The number of hydrogen-bond donors (Lipinski definition) is 1. The topological polar surface area (TPSA) is 28.4 Å². The van der Waals surface area contributed by atoms with E-state index in [1.165, 1.54) is 12.0 Å². The van der Waals surface area contributed by atoms with Gasteiger partial charge in [-0.25, -0.2) is 0 Å². The van der Waals surface area contributed by atoms with Gasteiger partial charge in [-0.1, -0.05) is 6.92 Å². The average Bonchev–Trinajstić information content (AvgIpc) is 2.59. The van der Waals surface area contributed by atoms with Gasteiger partial charge in [-0.3, -0.25) is 0 Å². The minimum atomic E-state index is 0.963. The van der Waals surface area contributed by atoms with Crippen molar-refractivity contribution in [1.82, 2.24) is 10.2 Å². The van der Waals surface area contributed by atoms with Gasteiger partial charge in [0.15, 0.2) is 0 Å². The molecule has 0 atom stereocenters. The first-order valence-corrected chi connectivity index (χ1v) is 5.65. The van der Waals surface area contributed by atoms with Gasteiger partial charge >= 0.3 is 0 Å². The first kappa shape index (κ1) is 12.3. The molecule has 0 aromatic carbocycles. The molecule has 15 heavy (non-hydrogen) atoms. The predicted molar refractivity (Wildman–Crippen MR) is 62.9 cm³/mol. The molecule has 0 spiro atoms. The molecule has 0 unspecified atom stereocenters. The first-order valence-electron chi connectivity index (χ1n) is 5.65. The summed E-state index contributed by atoms with van der Waals surface area (Å²) in [7, 11) is 2.13. The molecule has 1 aromatic rings. The molecule has 0 aliphatic rings. The Labute approximate surface area is 92.5 Å². The second kappa shape index (κ2) is 6.64. The molecule has 0 amide bonds. The third-order valence-corrected chi connectivity index (χ3v) is 2.33. The highest BCUT2D eigenvalue weighted by molar-refractivity contribution is 5.11. The first-order chi connectivity index (χ1) is 7.22. The molecule has 1 aromatic heterocycles. The quantitative estimate of drug-likeness (QED) is 0.698. The van der Waals surface area contributed by atoms with Crippen LogP contribution in [0, 0.1) is 6.92 Å². The lowest BCUT2D eigenvalue weighted by molar-refractivity contribution is 0.323. The van der Waals surface area contributed by atoms with Crippen molar-refractivity contribution < 1.29 is 4.42 Å². The molecule has 86 valence electrons. The third-order valence-electron chi connectivity index (χ3n) is 2.33. The van der Waals surface area contributed by atoms with Gasteiger partial charge < -0.3 is 14.6 Å². The van der Waals surface area contributed by atoms with Crippen LogP contribution in [0.2, 0.25) is 0 Å². The summed E-state index contributed by atoms with van der Waals surface area (Å²) in [5.41, 5.74) is 1.26. The van der Waals surface area contributed by atoms with Gasteiger partial charge in [0.1, 0.15) is 5.76 Å². The summed E-state index contributed by atoms with van der Waals surface area (Å²) in [4.78, 5) is 2.30. The van der Waals surface area contributed by atoms with Gasteiger partial charge in [0.05, 0.1) is 6.26 Å². The van der Waals surface area contributed by atoms with Crippen LogP contribution in [0.25, 0.3) is 0 Å². The number of aryl methyl sites for hydroxylation is 1. The SMILES string of the molecule is CCCNCCN(C)Cc1coc(C)c1. The van der Waals surface area contributed by atoms with Gasteiger partial charge in [-0.05, 0) is 33.0 Å². The van der Waals surface area contributed by atoms with E-state index in [0.717, 1.165) is 31.9 Å². The average molecular weight is 210 g/mol. The van der Waals surface area contributed by atoms with Gasteiger partial charge in [0.2, 0.25) is 0 Å². The maximum Gasteiger partial charge on any atom is 0.101 e. The lowest BCUT2D eigenvalue weighted by atomic mass is 10.3. The largest absolute Gasteiger partial charge is 0.469 e. The Balaban J connectivity index is 2.15. The second-order valence-corrected chi connectivity index (χ2v) is 4.05. The molecule has 0 fully saturated rings. The van der Waals surface area contributed by atoms with Crippen LogP contribution in [0.3, 0.4) is 0 Å². The van der Waals surface area contributed by atoms with Crippen molar-refractivity contribution in [2.24, 2.45) is 0 Å². The van der Waals surface area contributed by atoms with Crippen molar-refractivity contribution in [3.8, 4) is 0 Å². The molecule has 1 rings (SSSR count). The maximum absolute atomic E-state index is 5.27. The van der Waals surface area contributed by atoms with E-state index in [1.54, 1.807) is 0 Å². The summed E-state index contributed by atoms with van der Waals surface area (Å²) in [5, 5.41) is 3.39. The zero-order valence-electron chi connectivity index (χ0n) is 10.0. The molecular weight excluding hydrogens is 188 g/mol. The number of hydrogen-bond acceptors (Lipinski definition) is 3. The van der Waals surface area contributed by atoms with Crippen LogP contribution in [0.1, 0.15) is 24.7 Å². The zero-order valence-corrected chi connectivity index (χ0v) is 10.0. The number of nitrogens with one attached hydrogen (secondary N) is 1. The molecular formula is C12H22N2O. The summed E-state index contributed by atoms with van der Waals surface area (Å²) in [6.45, 7) is 8.37. The number of nitrogens with zero attached hydrogens (tertiary/aromatic N) is 1. The molecule has 0 aliphatic heterocycles. The maximum atomic E-state index is 5.27. The Kier molecular flexibility index (Phi) is 5.43. The lowest BCUT2D eigenvalue weighted by Crippen LogP contribution is -2.29. The standard InChI is InChI=1S/C12H22N2O/c1-4-5-13-6-7-14(3)9-12-8-11(2)15-10-12/h8,10,13H,4-7,9H2,1-3H3. The molecule has 1 N–H and O–H groups in total. The smallest absolute Gasteiger partial charge is 0.101 e. The van der Waals surface area contributed by atoms with Crippen molar-refractivity contribution in [2.75, 3.05) is 26.7 Å². The number of rotatable bonds is 7. The van der Waals surface area contributed by atoms with Crippen molar-refractivity contribution in [1.29, 1.82) is 0 Å². The van der Waals surface area contributed by atoms with E-state index >= 15 is 0 Å². The monoisotopic (exact) mass is 210 g/mol. The van der Waals surface area contributed by atoms with Crippen LogP contribution in [-0.4, -0.2) is 31.6 Å². The highest BCUT2D eigenvalue weighted by Gasteiger charge is 2.02. The van der Waals surface area contributed by atoms with E-state index in [9.17, 15) is 0 Å². The Morgan fingerprint density at radius 1 is 1.40 bits per heavy atom. The van der Waals surface area contributed by atoms with Crippen LogP contribution in [0.15, 0.2) is 16.7 Å². The molecule has 0 saturated carbocycles. The number of likely N-dealkylation sites (N-methyl/N-ethyl adjacent to an activating group) is 1. The minimum absolute atomic E-state index is 0.963. The van der Waals surface area contributed by atoms with Crippen LogP contribution in [0.5, 0.6) is 0 Å². The molecule has 0 radical (unpaired) electrons. The summed E-state index contributed by atoms with van der Waals surface area (Å²) in [6, 6.07) is 2.09. The van der Waals surface area contributed by atoms with Crippen molar-refractivity contribution in [2.45, 2.75) is 26.8 Å². The van der Waals surface area contributed by atoms with E-state index < -0.39 is 0 Å². The van der Waals surface area contributed by atoms with Crippen LogP contribution in [0.4, 0.5) is 0 Å². The van der Waals surface area contributed by atoms with Gasteiger partial charge in [-0.2, -0.15) is 0 Å². The third kappa shape index (κ3) is 5.00. The van der Waals surface area contributed by atoms with E-state index in [1.807, 2.05) is 13.2 Å². The fourth-order valence-corrected chi connectivity index (χ4v) is 1.54. The summed E-state index contributed by atoms with van der Waals surface area (Å²) < 4.78 is 5.27.